The summed E-state index contributed by atoms with van der Waals surface area (Å²) in [7, 11) is 1.51. The van der Waals surface area contributed by atoms with Crippen LogP contribution in [-0.2, 0) is 11.3 Å². The normalized spacial score (nSPS) is 23.5. The average molecular weight is 388 g/mol. The lowest BCUT2D eigenvalue weighted by Gasteiger charge is -2.18. The zero-order chi connectivity index (χ0) is 15.8. The fraction of sp³-hybridized carbons (Fsp3) is 0.583. The maximum absolute atomic E-state index is 12.9. The fourth-order valence-corrected chi connectivity index (χ4v) is 4.17. The van der Waals surface area contributed by atoms with Crippen LogP contribution in [0.15, 0.2) is 10.5 Å². The summed E-state index contributed by atoms with van der Waals surface area (Å²) >= 11 is 4.62. The quantitative estimate of drug-likeness (QED) is 0.861. The van der Waals surface area contributed by atoms with E-state index < -0.39 is 24.0 Å². The van der Waals surface area contributed by atoms with Gasteiger partial charge < -0.3 is 9.84 Å². The number of carboxylic acid groups (broad SMARTS) is 1. The second-order valence-electron chi connectivity index (χ2n) is 4.84. The van der Waals surface area contributed by atoms with Crippen LogP contribution in [0.4, 0.5) is 13.2 Å². The van der Waals surface area contributed by atoms with Gasteiger partial charge in [0.25, 0.3) is 0 Å². The summed E-state index contributed by atoms with van der Waals surface area (Å²) < 4.78 is 44.5. The lowest BCUT2D eigenvalue weighted by Crippen LogP contribution is -2.33. The van der Waals surface area contributed by atoms with Crippen LogP contribution >= 0.6 is 27.3 Å². The number of ether oxygens (including phenoxy) is 1. The molecule has 0 spiro atoms. The molecule has 2 atom stereocenters. The first kappa shape index (κ1) is 16.6. The molecule has 9 heteroatoms. The Labute approximate surface area is 131 Å². The molecule has 4 nitrogen and oxygen atoms in total. The van der Waals surface area contributed by atoms with Crippen LogP contribution in [0.25, 0.3) is 0 Å². The topological polar surface area (TPSA) is 49.8 Å². The summed E-state index contributed by atoms with van der Waals surface area (Å²) in [6.07, 6.45) is -4.49. The van der Waals surface area contributed by atoms with Gasteiger partial charge in [0, 0.05) is 24.5 Å². The molecule has 1 aliphatic heterocycles. The van der Waals surface area contributed by atoms with Gasteiger partial charge in [-0.05, 0) is 22.0 Å². The van der Waals surface area contributed by atoms with Crippen molar-refractivity contribution in [3.05, 3.63) is 15.4 Å². The summed E-state index contributed by atoms with van der Waals surface area (Å²) in [6, 6.07) is 1.78. The summed E-state index contributed by atoms with van der Waals surface area (Å²) in [5, 5.41) is 9.61. The number of alkyl halides is 3. The summed E-state index contributed by atoms with van der Waals surface area (Å²) in [5.74, 6) is -4.62. The minimum Gasteiger partial charge on any atom is -0.486 e. The zero-order valence-corrected chi connectivity index (χ0v) is 13.4. The number of thiophene rings is 1. The number of likely N-dealkylation sites (tertiary alicyclic amines) is 1. The molecule has 0 saturated carbocycles. The van der Waals surface area contributed by atoms with Crippen molar-refractivity contribution < 1.29 is 27.8 Å². The van der Waals surface area contributed by atoms with Crippen LogP contribution in [0.3, 0.4) is 0 Å². The molecule has 1 aromatic heterocycles. The monoisotopic (exact) mass is 387 g/mol. The minimum atomic E-state index is -4.49. The van der Waals surface area contributed by atoms with E-state index in [-0.39, 0.29) is 19.6 Å². The van der Waals surface area contributed by atoms with Crippen molar-refractivity contribution in [3.8, 4) is 5.06 Å². The van der Waals surface area contributed by atoms with Gasteiger partial charge in [-0.3, -0.25) is 9.69 Å². The van der Waals surface area contributed by atoms with Crippen LogP contribution in [0.5, 0.6) is 5.06 Å². The Bertz CT molecular complexity index is 534. The summed E-state index contributed by atoms with van der Waals surface area (Å²) in [4.78, 5) is 13.4. The molecule has 0 radical (unpaired) electrons. The number of hydrogen-bond acceptors (Lipinski definition) is 4. The molecule has 1 saturated heterocycles. The Morgan fingerprint density at radius 3 is 2.67 bits per heavy atom. The number of aliphatic carboxylic acids is 1. The molecular formula is C12H13BrF3NO3S. The first-order valence-corrected chi connectivity index (χ1v) is 7.67. The van der Waals surface area contributed by atoms with Gasteiger partial charge in [0.1, 0.15) is 0 Å². The number of rotatable bonds is 4. The van der Waals surface area contributed by atoms with Gasteiger partial charge in [-0.15, -0.1) is 11.3 Å². The predicted octanol–water partition coefficient (Wildman–Crippen LogP) is 3.21. The van der Waals surface area contributed by atoms with Gasteiger partial charge in [-0.1, -0.05) is 0 Å². The molecule has 0 unspecified atom stereocenters. The summed E-state index contributed by atoms with van der Waals surface area (Å²) in [6.45, 7) is -0.112. The highest BCUT2D eigenvalue weighted by molar-refractivity contribution is 9.10. The Morgan fingerprint density at radius 1 is 1.57 bits per heavy atom. The van der Waals surface area contributed by atoms with E-state index in [9.17, 15) is 18.0 Å². The van der Waals surface area contributed by atoms with E-state index in [1.54, 1.807) is 6.07 Å². The van der Waals surface area contributed by atoms with Gasteiger partial charge in [0.15, 0.2) is 5.06 Å². The number of hydrogen-bond donors (Lipinski definition) is 1. The van der Waals surface area contributed by atoms with E-state index in [4.69, 9.17) is 9.84 Å². The molecule has 0 aromatic carbocycles. The van der Waals surface area contributed by atoms with E-state index >= 15 is 0 Å². The molecule has 0 aliphatic carbocycles. The van der Waals surface area contributed by atoms with Gasteiger partial charge in [-0.25, -0.2) is 0 Å². The molecular weight excluding hydrogens is 375 g/mol. The van der Waals surface area contributed by atoms with Crippen molar-refractivity contribution >= 4 is 33.2 Å². The first-order valence-electron chi connectivity index (χ1n) is 6.06. The first-order chi connectivity index (χ1) is 9.72. The largest absolute Gasteiger partial charge is 0.486 e. The SMILES string of the molecule is COc1sc(CN2C[C@@H](C(F)(F)F)[C@H](C(=O)O)C2)cc1Br. The minimum absolute atomic E-state index is 0.0999. The van der Waals surface area contributed by atoms with Crippen LogP contribution in [0.2, 0.25) is 0 Å². The lowest BCUT2D eigenvalue weighted by atomic mass is 9.96. The number of methoxy groups -OCH3 is 1. The Morgan fingerprint density at radius 2 is 2.24 bits per heavy atom. The summed E-state index contributed by atoms with van der Waals surface area (Å²) in [5.41, 5.74) is 0. The van der Waals surface area contributed by atoms with E-state index in [1.165, 1.54) is 23.3 Å². The molecule has 0 amide bonds. The second kappa shape index (κ2) is 6.13. The second-order valence-corrected chi connectivity index (χ2v) is 6.79. The van der Waals surface area contributed by atoms with Crippen molar-refractivity contribution in [1.82, 2.24) is 4.90 Å². The maximum Gasteiger partial charge on any atom is 0.393 e. The molecule has 2 rings (SSSR count). The lowest BCUT2D eigenvalue weighted by molar-refractivity contribution is -0.188. The molecule has 21 heavy (non-hydrogen) atoms. The number of carbonyl (C=O) groups is 1. The number of carboxylic acids is 1. The third kappa shape index (κ3) is 3.70. The van der Waals surface area contributed by atoms with Crippen LogP contribution in [0.1, 0.15) is 4.88 Å². The molecule has 2 heterocycles. The van der Waals surface area contributed by atoms with E-state index in [0.717, 1.165) is 9.35 Å². The van der Waals surface area contributed by atoms with Crippen LogP contribution < -0.4 is 4.74 Å². The van der Waals surface area contributed by atoms with Gasteiger partial charge in [0.2, 0.25) is 0 Å². The molecule has 1 aromatic rings. The molecule has 118 valence electrons. The van der Waals surface area contributed by atoms with Crippen molar-refractivity contribution in [1.29, 1.82) is 0 Å². The third-order valence-corrected chi connectivity index (χ3v) is 5.34. The molecule has 1 fully saturated rings. The van der Waals surface area contributed by atoms with E-state index in [2.05, 4.69) is 15.9 Å². The predicted molar refractivity (Wildman–Crippen MR) is 74.5 cm³/mol. The zero-order valence-electron chi connectivity index (χ0n) is 11.0. The number of nitrogens with zero attached hydrogens (tertiary/aromatic N) is 1. The van der Waals surface area contributed by atoms with Crippen molar-refractivity contribution in [3.63, 3.8) is 0 Å². The standard InChI is InChI=1S/C12H13BrF3NO3S/c1-20-11-9(13)2-6(21-11)3-17-4-7(10(18)19)8(5-17)12(14,15)16/h2,7-8H,3-5H2,1H3,(H,18,19)/t7-,8-/m1/s1. The fourth-order valence-electron chi connectivity index (χ4n) is 2.43. The highest BCUT2D eigenvalue weighted by Crippen LogP contribution is 2.40. The Kier molecular flexibility index (Phi) is 4.84. The van der Waals surface area contributed by atoms with Gasteiger partial charge >= 0.3 is 12.1 Å². The van der Waals surface area contributed by atoms with E-state index in [0.29, 0.717) is 5.06 Å². The smallest absolute Gasteiger partial charge is 0.393 e. The van der Waals surface area contributed by atoms with E-state index in [1.807, 2.05) is 0 Å². The van der Waals surface area contributed by atoms with Gasteiger partial charge in [0.05, 0.1) is 23.4 Å². The van der Waals surface area contributed by atoms with Crippen LogP contribution in [-0.4, -0.2) is 42.4 Å². The van der Waals surface area contributed by atoms with Crippen molar-refractivity contribution in [2.24, 2.45) is 11.8 Å². The third-order valence-electron chi connectivity index (χ3n) is 3.40. The highest BCUT2D eigenvalue weighted by atomic mass is 79.9. The molecule has 1 aliphatic rings. The number of halogens is 4. The Hall–Kier alpha value is -0.800. The van der Waals surface area contributed by atoms with Crippen molar-refractivity contribution in [2.75, 3.05) is 20.2 Å². The Balaban J connectivity index is 2.10. The van der Waals surface area contributed by atoms with Crippen molar-refractivity contribution in [2.45, 2.75) is 12.7 Å². The molecule has 0 bridgehead atoms. The average Bonchev–Trinajstić information content (AvgIpc) is 2.93. The van der Waals surface area contributed by atoms with Gasteiger partial charge in [-0.2, -0.15) is 13.2 Å². The maximum atomic E-state index is 12.9. The van der Waals surface area contributed by atoms with Crippen LogP contribution in [0, 0.1) is 11.8 Å². The molecule has 1 N–H and O–H groups in total. The highest BCUT2D eigenvalue weighted by Gasteiger charge is 2.52.